The Hall–Kier alpha value is -4.63. The van der Waals surface area contributed by atoms with E-state index in [1.807, 2.05) is 42.7 Å². The van der Waals surface area contributed by atoms with Crippen LogP contribution in [0.4, 0.5) is 5.82 Å². The van der Waals surface area contributed by atoms with Gasteiger partial charge in [-0.1, -0.05) is 12.1 Å². The molecule has 0 saturated carbocycles. The third kappa shape index (κ3) is 3.32. The Bertz CT molecular complexity index is 1680. The fraction of sp³-hybridized carbons (Fsp3) is 0.115. The van der Waals surface area contributed by atoms with Gasteiger partial charge in [-0.15, -0.1) is 0 Å². The van der Waals surface area contributed by atoms with Crippen molar-refractivity contribution >= 4 is 27.6 Å². The molecule has 35 heavy (non-hydrogen) atoms. The third-order valence-corrected chi connectivity index (χ3v) is 6.46. The van der Waals surface area contributed by atoms with Crippen LogP contribution < -0.4 is 10.6 Å². The first-order chi connectivity index (χ1) is 17.2. The average Bonchev–Trinajstić information content (AvgIpc) is 3.51. The second kappa shape index (κ2) is 7.71. The predicted molar refractivity (Wildman–Crippen MR) is 136 cm³/mol. The lowest BCUT2D eigenvalue weighted by Crippen LogP contribution is -2.56. The lowest BCUT2D eigenvalue weighted by Gasteiger charge is -2.37. The normalized spacial score (nSPS) is 14.0. The highest BCUT2D eigenvalue weighted by atomic mass is 15.3. The van der Waals surface area contributed by atoms with Crippen LogP contribution in [-0.2, 0) is 0 Å². The number of nitrogens with one attached hydrogen (secondary N) is 2. The van der Waals surface area contributed by atoms with Crippen LogP contribution in [0.25, 0.3) is 55.7 Å². The number of aromatic amines is 2. The number of fused-ring (bicyclic) bond motifs is 2. The lowest BCUT2D eigenvalue weighted by atomic mass is 10.1. The molecule has 1 fully saturated rings. The topological polar surface area (TPSA) is 125 Å². The Morgan fingerprint density at radius 1 is 0.886 bits per heavy atom. The number of nitrogens with two attached hydrogens (primary N) is 1. The molecule has 0 radical (unpaired) electrons. The van der Waals surface area contributed by atoms with Gasteiger partial charge in [0.15, 0.2) is 0 Å². The van der Waals surface area contributed by atoms with E-state index in [0.29, 0.717) is 0 Å². The first kappa shape index (κ1) is 19.8. The van der Waals surface area contributed by atoms with E-state index in [4.69, 9.17) is 10.7 Å². The van der Waals surface area contributed by atoms with Crippen molar-refractivity contribution in [1.29, 1.82) is 0 Å². The number of H-pyrrole nitrogens is 2. The molecule has 0 bridgehead atoms. The molecule has 4 N–H and O–H groups in total. The summed E-state index contributed by atoms with van der Waals surface area (Å²) in [6.07, 6.45) is 9.04. The molecule has 0 unspecified atom stereocenters. The van der Waals surface area contributed by atoms with E-state index < -0.39 is 0 Å². The summed E-state index contributed by atoms with van der Waals surface area (Å²) >= 11 is 0. The van der Waals surface area contributed by atoms with Gasteiger partial charge >= 0.3 is 0 Å². The molecule has 1 aliphatic rings. The SMILES string of the molecule is NC1CN(c2cncc(-c3ccc4[nH]nc(-c5cc6c(-c7ccccn7)cncc6[nH]5)c4c3)n2)C1. The molecule has 6 aromatic rings. The summed E-state index contributed by atoms with van der Waals surface area (Å²) in [7, 11) is 0. The molecule has 5 aromatic heterocycles. The lowest BCUT2D eigenvalue weighted by molar-refractivity contribution is 0.514. The molecule has 0 aliphatic carbocycles. The van der Waals surface area contributed by atoms with Gasteiger partial charge in [-0.2, -0.15) is 5.10 Å². The summed E-state index contributed by atoms with van der Waals surface area (Å²) in [5, 5.41) is 9.82. The van der Waals surface area contributed by atoms with Crippen LogP contribution in [0.2, 0.25) is 0 Å². The van der Waals surface area contributed by atoms with E-state index in [1.165, 1.54) is 0 Å². The summed E-state index contributed by atoms with van der Waals surface area (Å²) in [4.78, 5) is 23.8. The van der Waals surface area contributed by atoms with Gasteiger partial charge in [0.05, 0.1) is 46.7 Å². The van der Waals surface area contributed by atoms with Gasteiger partial charge < -0.3 is 15.6 Å². The summed E-state index contributed by atoms with van der Waals surface area (Å²) in [6.45, 7) is 1.61. The van der Waals surface area contributed by atoms with E-state index in [1.54, 1.807) is 18.6 Å². The zero-order valence-corrected chi connectivity index (χ0v) is 18.7. The van der Waals surface area contributed by atoms with Gasteiger partial charge in [-0.3, -0.25) is 20.1 Å². The monoisotopic (exact) mass is 459 g/mol. The molecular weight excluding hydrogens is 438 g/mol. The van der Waals surface area contributed by atoms with Crippen molar-refractivity contribution < 1.29 is 0 Å². The van der Waals surface area contributed by atoms with Crippen molar-refractivity contribution in [3.8, 4) is 33.9 Å². The summed E-state index contributed by atoms with van der Waals surface area (Å²) in [5.74, 6) is 0.849. The van der Waals surface area contributed by atoms with Crippen molar-refractivity contribution in [3.05, 3.63) is 73.4 Å². The van der Waals surface area contributed by atoms with Crippen LogP contribution in [0.15, 0.2) is 73.4 Å². The number of hydrogen-bond donors (Lipinski definition) is 3. The van der Waals surface area contributed by atoms with Gasteiger partial charge in [0, 0.05) is 53.4 Å². The zero-order chi connectivity index (χ0) is 23.4. The Labute approximate surface area is 200 Å². The molecule has 1 saturated heterocycles. The summed E-state index contributed by atoms with van der Waals surface area (Å²) in [6, 6.07) is 14.4. The first-order valence-corrected chi connectivity index (χ1v) is 11.4. The summed E-state index contributed by atoms with van der Waals surface area (Å²) in [5.41, 5.74) is 13.2. The van der Waals surface area contributed by atoms with Gasteiger partial charge in [-0.05, 0) is 30.3 Å². The second-order valence-electron chi connectivity index (χ2n) is 8.81. The maximum atomic E-state index is 5.94. The van der Waals surface area contributed by atoms with Gasteiger partial charge in [0.1, 0.15) is 11.5 Å². The van der Waals surface area contributed by atoms with Crippen LogP contribution in [0.1, 0.15) is 0 Å². The van der Waals surface area contributed by atoms with E-state index >= 15 is 0 Å². The summed E-state index contributed by atoms with van der Waals surface area (Å²) < 4.78 is 0. The second-order valence-corrected chi connectivity index (χ2v) is 8.81. The molecule has 0 atom stereocenters. The number of hydrogen-bond acceptors (Lipinski definition) is 7. The molecule has 6 heterocycles. The number of rotatable bonds is 4. The maximum absolute atomic E-state index is 5.94. The molecular formula is C26H21N9. The van der Waals surface area contributed by atoms with E-state index in [9.17, 15) is 0 Å². The van der Waals surface area contributed by atoms with Gasteiger partial charge in [0.25, 0.3) is 0 Å². The molecule has 0 amide bonds. The standard InChI is InChI=1S/C26H21N9/c27-16-13-35(14-16)25-12-29-10-23(32-25)15-4-5-21-18(7-15)26(34-33-21)22-8-17-19(9-28-11-24(17)31-22)20-3-1-2-6-30-20/h1-12,16,31H,13-14,27H2,(H,33,34). The quantitative estimate of drug-likeness (QED) is 0.366. The highest BCUT2D eigenvalue weighted by Crippen LogP contribution is 2.34. The van der Waals surface area contributed by atoms with Crippen molar-refractivity contribution in [3.63, 3.8) is 0 Å². The van der Waals surface area contributed by atoms with E-state index in [2.05, 4.69) is 47.2 Å². The van der Waals surface area contributed by atoms with E-state index in [-0.39, 0.29) is 6.04 Å². The highest BCUT2D eigenvalue weighted by Gasteiger charge is 2.24. The van der Waals surface area contributed by atoms with Crippen molar-refractivity contribution in [2.24, 2.45) is 5.73 Å². The van der Waals surface area contributed by atoms with Gasteiger partial charge in [0.2, 0.25) is 0 Å². The number of anilines is 1. The minimum absolute atomic E-state index is 0.204. The van der Waals surface area contributed by atoms with Crippen LogP contribution >= 0.6 is 0 Å². The van der Waals surface area contributed by atoms with Crippen LogP contribution in [0.3, 0.4) is 0 Å². The molecule has 1 aromatic carbocycles. The zero-order valence-electron chi connectivity index (χ0n) is 18.7. The average molecular weight is 460 g/mol. The minimum atomic E-state index is 0.204. The van der Waals surface area contributed by atoms with Crippen molar-refractivity contribution in [2.45, 2.75) is 6.04 Å². The van der Waals surface area contributed by atoms with Gasteiger partial charge in [-0.25, -0.2) is 4.98 Å². The fourth-order valence-corrected chi connectivity index (χ4v) is 4.63. The Morgan fingerprint density at radius 3 is 2.66 bits per heavy atom. The molecule has 9 heteroatoms. The third-order valence-electron chi connectivity index (χ3n) is 6.46. The molecule has 7 rings (SSSR count). The minimum Gasteiger partial charge on any atom is -0.352 e. The van der Waals surface area contributed by atoms with Crippen LogP contribution in [0.5, 0.6) is 0 Å². The largest absolute Gasteiger partial charge is 0.352 e. The van der Waals surface area contributed by atoms with Crippen molar-refractivity contribution in [2.75, 3.05) is 18.0 Å². The van der Waals surface area contributed by atoms with Crippen LogP contribution in [0, 0.1) is 0 Å². The molecule has 170 valence electrons. The predicted octanol–water partition coefficient (Wildman–Crippen LogP) is 3.77. The molecule has 9 nitrogen and oxygen atoms in total. The number of nitrogens with zero attached hydrogens (tertiary/aromatic N) is 6. The Morgan fingerprint density at radius 2 is 1.80 bits per heavy atom. The van der Waals surface area contributed by atoms with E-state index in [0.717, 1.165) is 74.6 Å². The number of aromatic nitrogens is 7. The Balaban J connectivity index is 1.31. The van der Waals surface area contributed by atoms with Crippen molar-refractivity contribution in [1.82, 2.24) is 35.1 Å². The number of pyridine rings is 2. The first-order valence-electron chi connectivity index (χ1n) is 11.4. The molecule has 0 spiro atoms. The Kier molecular flexibility index (Phi) is 4.36. The van der Waals surface area contributed by atoms with Crippen LogP contribution in [-0.4, -0.2) is 54.2 Å². The number of benzene rings is 1. The maximum Gasteiger partial charge on any atom is 0.147 e. The fourth-order valence-electron chi connectivity index (χ4n) is 4.63. The molecule has 1 aliphatic heterocycles. The smallest absolute Gasteiger partial charge is 0.147 e. The highest BCUT2D eigenvalue weighted by molar-refractivity contribution is 6.01.